The Kier molecular flexibility index (Phi) is 9.15. The first-order valence-corrected chi connectivity index (χ1v) is 13.5. The molecule has 2 aliphatic rings. The number of amides is 1. The van der Waals surface area contributed by atoms with Gasteiger partial charge in [0.1, 0.15) is 11.2 Å². The van der Waals surface area contributed by atoms with Crippen LogP contribution in [0.1, 0.15) is 40.6 Å². The molecule has 0 unspecified atom stereocenters. The number of aliphatic imine (C=N–C) groups is 1. The van der Waals surface area contributed by atoms with Gasteiger partial charge in [0.05, 0.1) is 18.4 Å². The molecule has 5 rings (SSSR count). The molecule has 0 saturated carbocycles. The highest BCUT2D eigenvalue weighted by Gasteiger charge is 2.61. The van der Waals surface area contributed by atoms with Crippen LogP contribution in [0.25, 0.3) is 0 Å². The van der Waals surface area contributed by atoms with Gasteiger partial charge in [-0.1, -0.05) is 47.5 Å². The summed E-state index contributed by atoms with van der Waals surface area (Å²) in [6.45, 7) is 2.74. The maximum Gasteiger partial charge on any atom is 0.490 e. The topological polar surface area (TPSA) is 117 Å². The van der Waals surface area contributed by atoms with E-state index in [4.69, 9.17) is 38.8 Å². The van der Waals surface area contributed by atoms with Crippen LogP contribution in [0.2, 0.25) is 10.0 Å². The van der Waals surface area contributed by atoms with Gasteiger partial charge in [-0.05, 0) is 65.6 Å². The first kappa shape index (κ1) is 31.3. The summed E-state index contributed by atoms with van der Waals surface area (Å²) < 4.78 is 46.3. The molecular formula is C29H26Cl2F4N4O3. The van der Waals surface area contributed by atoms with E-state index in [1.165, 1.54) is 12.1 Å². The largest absolute Gasteiger partial charge is 0.490 e. The van der Waals surface area contributed by atoms with Crippen molar-refractivity contribution in [1.29, 1.82) is 0 Å². The first-order valence-electron chi connectivity index (χ1n) is 12.7. The Labute approximate surface area is 248 Å². The first-order chi connectivity index (χ1) is 19.8. The molecule has 222 valence electrons. The van der Waals surface area contributed by atoms with Gasteiger partial charge in [-0.3, -0.25) is 9.79 Å². The predicted octanol–water partition coefficient (Wildman–Crippen LogP) is 6.14. The van der Waals surface area contributed by atoms with E-state index in [-0.39, 0.29) is 17.6 Å². The minimum absolute atomic E-state index is 0.182. The number of piperidine rings is 1. The summed E-state index contributed by atoms with van der Waals surface area (Å²) in [5.74, 6) is -2.93. The van der Waals surface area contributed by atoms with E-state index in [0.29, 0.717) is 40.8 Å². The minimum Gasteiger partial charge on any atom is -0.475 e. The summed E-state index contributed by atoms with van der Waals surface area (Å²) in [4.78, 5) is 27.7. The molecule has 1 spiro atoms. The number of carbonyl (C=O) groups excluding carboxylic acids is 1. The highest BCUT2D eigenvalue weighted by atomic mass is 35.5. The van der Waals surface area contributed by atoms with Gasteiger partial charge in [-0.2, -0.15) is 13.2 Å². The highest BCUT2D eigenvalue weighted by Crippen LogP contribution is 2.58. The normalized spacial score (nSPS) is 22.2. The Balaban J connectivity index is 0.000000517. The van der Waals surface area contributed by atoms with Gasteiger partial charge in [0, 0.05) is 34.6 Å². The van der Waals surface area contributed by atoms with E-state index in [2.05, 4.69) is 15.6 Å². The number of hydrogen-bond acceptors (Lipinski definition) is 4. The van der Waals surface area contributed by atoms with E-state index < -0.39 is 23.6 Å². The summed E-state index contributed by atoms with van der Waals surface area (Å²) in [5, 5.41) is 14.8. The van der Waals surface area contributed by atoms with Crippen LogP contribution in [0.15, 0.2) is 65.7 Å². The number of halogens is 6. The quantitative estimate of drug-likeness (QED) is 0.260. The van der Waals surface area contributed by atoms with Crippen LogP contribution in [0.4, 0.5) is 23.2 Å². The van der Waals surface area contributed by atoms with Crippen LogP contribution in [0.3, 0.4) is 0 Å². The maximum atomic E-state index is 14.6. The molecule has 3 aromatic rings. The van der Waals surface area contributed by atoms with Crippen LogP contribution in [0, 0.1) is 12.7 Å². The minimum atomic E-state index is -5.08. The second-order valence-electron chi connectivity index (χ2n) is 9.82. The SMILES string of the molecule is Cc1ccc(F)cc1[C@H]1NC(=NCCN)C[C@@H](c2cccc(Cl)c2)[C@]12C(=O)Nc1cc(Cl)ccc12.O=C(O)C(F)(F)F. The zero-order chi connectivity index (χ0) is 30.8. The molecule has 2 aliphatic heterocycles. The number of carboxylic acid groups (broad SMARTS) is 1. The van der Waals surface area contributed by atoms with Crippen LogP contribution in [-0.2, 0) is 15.0 Å². The molecule has 0 radical (unpaired) electrons. The molecule has 3 aromatic carbocycles. The fourth-order valence-electron chi connectivity index (χ4n) is 5.52. The van der Waals surface area contributed by atoms with E-state index in [1.54, 1.807) is 24.3 Å². The van der Waals surface area contributed by atoms with Crippen molar-refractivity contribution in [3.63, 3.8) is 0 Å². The monoisotopic (exact) mass is 624 g/mol. The van der Waals surface area contributed by atoms with Crippen molar-refractivity contribution in [2.45, 2.75) is 36.9 Å². The highest BCUT2D eigenvalue weighted by molar-refractivity contribution is 6.31. The Morgan fingerprint density at radius 1 is 1.12 bits per heavy atom. The van der Waals surface area contributed by atoms with E-state index >= 15 is 0 Å². The number of carboxylic acids is 1. The van der Waals surface area contributed by atoms with Gasteiger partial charge < -0.3 is 21.5 Å². The standard InChI is InChI=1S/C27H25Cl2FN4O.C2HF3O2/c1-15-5-7-19(30)13-20(15)25-27(21-8-6-18(29)12-23(21)33-26(27)35)22(14-24(34-25)32-10-9-31)16-3-2-4-17(28)11-16;3-2(4,5)1(6)7/h2-8,11-13,22,25H,9-10,14,31H2,1H3,(H,32,34)(H,33,35);(H,6,7)/t22-,25+,27-;/m0./s1. The Hall–Kier alpha value is -3.67. The lowest BCUT2D eigenvalue weighted by atomic mass is 9.59. The van der Waals surface area contributed by atoms with Gasteiger partial charge in [-0.25, -0.2) is 9.18 Å². The second-order valence-corrected chi connectivity index (χ2v) is 10.7. The van der Waals surface area contributed by atoms with Gasteiger partial charge in [0.15, 0.2) is 0 Å². The number of nitrogens with zero attached hydrogens (tertiary/aromatic N) is 1. The maximum absolute atomic E-state index is 14.6. The molecule has 3 atom stereocenters. The second kappa shape index (κ2) is 12.3. The van der Waals surface area contributed by atoms with Crippen molar-refractivity contribution < 1.29 is 32.3 Å². The molecule has 0 aromatic heterocycles. The Morgan fingerprint density at radius 3 is 2.45 bits per heavy atom. The summed E-state index contributed by atoms with van der Waals surface area (Å²) >= 11 is 12.7. The van der Waals surface area contributed by atoms with Crippen molar-refractivity contribution in [2.75, 3.05) is 18.4 Å². The van der Waals surface area contributed by atoms with Crippen LogP contribution in [0.5, 0.6) is 0 Å². The number of nitrogens with one attached hydrogen (secondary N) is 2. The number of benzene rings is 3. The van der Waals surface area contributed by atoms with E-state index in [0.717, 1.165) is 22.5 Å². The van der Waals surface area contributed by atoms with Crippen molar-refractivity contribution in [1.82, 2.24) is 5.32 Å². The molecule has 1 fully saturated rings. The summed E-state index contributed by atoms with van der Waals surface area (Å²) in [7, 11) is 0. The fraction of sp³-hybridized carbons (Fsp3) is 0.276. The molecule has 1 amide bonds. The molecular weight excluding hydrogens is 599 g/mol. The third-order valence-electron chi connectivity index (χ3n) is 7.24. The molecule has 13 heteroatoms. The fourth-order valence-corrected chi connectivity index (χ4v) is 5.89. The van der Waals surface area contributed by atoms with Crippen molar-refractivity contribution >= 4 is 46.6 Å². The smallest absolute Gasteiger partial charge is 0.475 e. The van der Waals surface area contributed by atoms with Gasteiger partial charge in [0.2, 0.25) is 5.91 Å². The summed E-state index contributed by atoms with van der Waals surface area (Å²) in [5.41, 5.74) is 8.54. The molecule has 7 nitrogen and oxygen atoms in total. The van der Waals surface area contributed by atoms with E-state index in [1.807, 2.05) is 31.2 Å². The number of hydrogen-bond donors (Lipinski definition) is 4. The molecule has 5 N–H and O–H groups in total. The Bertz CT molecular complexity index is 1550. The lowest BCUT2D eigenvalue weighted by Gasteiger charge is -2.48. The van der Waals surface area contributed by atoms with Gasteiger partial charge in [-0.15, -0.1) is 0 Å². The van der Waals surface area contributed by atoms with Crippen LogP contribution in [-0.4, -0.2) is 42.1 Å². The van der Waals surface area contributed by atoms with Gasteiger partial charge in [0.25, 0.3) is 0 Å². The summed E-state index contributed by atoms with van der Waals surface area (Å²) in [6, 6.07) is 17.0. The number of anilines is 1. The molecule has 1 saturated heterocycles. The van der Waals surface area contributed by atoms with Crippen molar-refractivity contribution in [2.24, 2.45) is 10.7 Å². The average molecular weight is 625 g/mol. The lowest BCUT2D eigenvalue weighted by Crippen LogP contribution is -2.57. The third-order valence-corrected chi connectivity index (χ3v) is 7.71. The predicted molar refractivity (Wildman–Crippen MR) is 153 cm³/mol. The number of amidine groups is 1. The van der Waals surface area contributed by atoms with Gasteiger partial charge >= 0.3 is 12.1 Å². The number of fused-ring (bicyclic) bond motifs is 2. The van der Waals surface area contributed by atoms with Crippen LogP contribution >= 0.6 is 23.2 Å². The number of rotatable bonds is 4. The number of aliphatic carboxylic acids is 1. The molecule has 0 aliphatic carbocycles. The van der Waals surface area contributed by atoms with Crippen LogP contribution < -0.4 is 16.4 Å². The average Bonchev–Trinajstić information content (AvgIpc) is 3.20. The summed E-state index contributed by atoms with van der Waals surface area (Å²) in [6.07, 6.45) is -4.62. The lowest BCUT2D eigenvalue weighted by molar-refractivity contribution is -0.192. The van der Waals surface area contributed by atoms with Crippen molar-refractivity contribution in [3.05, 3.63) is 98.8 Å². The number of nitrogens with two attached hydrogens (primary N) is 1. The van der Waals surface area contributed by atoms with Crippen molar-refractivity contribution in [3.8, 4) is 0 Å². The number of aryl methyl sites for hydroxylation is 1. The Morgan fingerprint density at radius 2 is 1.81 bits per heavy atom. The third kappa shape index (κ3) is 6.08. The number of alkyl halides is 3. The zero-order valence-electron chi connectivity index (χ0n) is 22.1. The molecule has 0 bridgehead atoms. The zero-order valence-corrected chi connectivity index (χ0v) is 23.6. The number of carbonyl (C=O) groups is 2. The molecule has 42 heavy (non-hydrogen) atoms. The van der Waals surface area contributed by atoms with E-state index in [9.17, 15) is 22.4 Å². The molecule has 2 heterocycles.